The fraction of sp³-hybridized carbons (Fsp3) is 0.417. The highest BCUT2D eigenvalue weighted by molar-refractivity contribution is 5.95. The van der Waals surface area contributed by atoms with Crippen LogP contribution in [0.3, 0.4) is 0 Å². The maximum atomic E-state index is 13.1. The first-order chi connectivity index (χ1) is 9.63. The lowest BCUT2D eigenvalue weighted by Gasteiger charge is -2.36. The van der Waals surface area contributed by atoms with Crippen molar-refractivity contribution in [1.82, 2.24) is 4.90 Å². The molecule has 1 heterocycles. The third kappa shape index (κ3) is 3.35. The van der Waals surface area contributed by atoms with E-state index in [0.717, 1.165) is 0 Å². The van der Waals surface area contributed by atoms with Crippen molar-refractivity contribution in [3.8, 4) is 5.75 Å². The molecule has 0 bridgehead atoms. The van der Waals surface area contributed by atoms with Crippen LogP contribution in [0.5, 0.6) is 5.75 Å². The molecule has 0 radical (unpaired) electrons. The van der Waals surface area contributed by atoms with E-state index in [1.807, 2.05) is 0 Å². The van der Waals surface area contributed by atoms with Crippen molar-refractivity contribution in [2.45, 2.75) is 12.2 Å². The highest BCUT2D eigenvalue weighted by Gasteiger charge is 2.52. The molecule has 1 amide bonds. The third-order valence-electron chi connectivity index (χ3n) is 2.82. The molecule has 1 aliphatic rings. The number of carbonyl (C=O) groups excluding carboxylic acids is 1. The summed E-state index contributed by atoms with van der Waals surface area (Å²) in [6.07, 6.45) is -8.23. The fourth-order valence-corrected chi connectivity index (χ4v) is 1.95. The van der Waals surface area contributed by atoms with Crippen LogP contribution in [0, 0.1) is 0 Å². The summed E-state index contributed by atoms with van der Waals surface area (Å²) in [7, 11) is 1.30. The minimum Gasteiger partial charge on any atom is -0.495 e. The normalized spacial score (nSPS) is 20.1. The maximum Gasteiger partial charge on any atom is 0.377 e. The van der Waals surface area contributed by atoms with E-state index in [2.05, 4.69) is 4.74 Å². The van der Waals surface area contributed by atoms with Gasteiger partial charge in [0.15, 0.2) is 0 Å². The van der Waals surface area contributed by atoms with Crippen molar-refractivity contribution in [2.24, 2.45) is 0 Å². The number of nitrogens with zero attached hydrogens (tertiary/aromatic N) is 1. The fourth-order valence-electron chi connectivity index (χ4n) is 1.95. The van der Waals surface area contributed by atoms with Crippen LogP contribution < -0.4 is 10.5 Å². The number of amides is 1. The lowest BCUT2D eigenvalue weighted by molar-refractivity contribution is -0.400. The summed E-state index contributed by atoms with van der Waals surface area (Å²) in [5.41, 5.74) is 5.69. The van der Waals surface area contributed by atoms with Gasteiger partial charge in [0.05, 0.1) is 12.8 Å². The number of carbonyl (C=O) groups is 1. The molecule has 1 aliphatic heterocycles. The lowest BCUT2D eigenvalue weighted by atomic mass is 10.1. The quantitative estimate of drug-likeness (QED) is 0.670. The minimum absolute atomic E-state index is 0.0884. The van der Waals surface area contributed by atoms with Crippen molar-refractivity contribution in [3.05, 3.63) is 23.8 Å². The summed E-state index contributed by atoms with van der Waals surface area (Å²) in [6.45, 7) is -2.51. The third-order valence-corrected chi connectivity index (χ3v) is 2.82. The Hall–Kier alpha value is -2.03. The highest BCUT2D eigenvalue weighted by atomic mass is 19.3. The molecule has 0 unspecified atom stereocenters. The summed E-state index contributed by atoms with van der Waals surface area (Å²) in [5, 5.41) is 0. The molecule has 0 atom stereocenters. The predicted octanol–water partition coefficient (Wildman–Crippen LogP) is 1.94. The Balaban J connectivity index is 2.27. The van der Waals surface area contributed by atoms with E-state index in [1.54, 1.807) is 0 Å². The Morgan fingerprint density at radius 3 is 2.38 bits per heavy atom. The van der Waals surface area contributed by atoms with E-state index in [4.69, 9.17) is 10.5 Å². The van der Waals surface area contributed by atoms with E-state index in [0.29, 0.717) is 4.90 Å². The van der Waals surface area contributed by atoms with E-state index in [-0.39, 0.29) is 17.0 Å². The second-order valence-electron chi connectivity index (χ2n) is 4.49. The Bertz CT molecular complexity index is 549. The number of hydrogen-bond donors (Lipinski definition) is 1. The Labute approximate surface area is 117 Å². The summed E-state index contributed by atoms with van der Waals surface area (Å²) >= 11 is 0. The van der Waals surface area contributed by atoms with Gasteiger partial charge < -0.3 is 15.4 Å². The first-order valence-electron chi connectivity index (χ1n) is 5.82. The van der Waals surface area contributed by atoms with Crippen LogP contribution >= 0.6 is 0 Å². The van der Waals surface area contributed by atoms with Gasteiger partial charge in [0.1, 0.15) is 18.8 Å². The Kier molecular flexibility index (Phi) is 3.70. The summed E-state index contributed by atoms with van der Waals surface area (Å²) in [6, 6.07) is 3.76. The van der Waals surface area contributed by atoms with Gasteiger partial charge in [-0.1, -0.05) is 0 Å². The van der Waals surface area contributed by atoms with Gasteiger partial charge in [-0.3, -0.25) is 9.53 Å². The molecule has 116 valence electrons. The Morgan fingerprint density at radius 2 is 1.86 bits per heavy atom. The van der Waals surface area contributed by atoms with E-state index >= 15 is 0 Å². The number of halogens is 4. The number of hydrogen-bond acceptors (Lipinski definition) is 4. The van der Waals surface area contributed by atoms with Crippen molar-refractivity contribution < 1.29 is 31.8 Å². The maximum absolute atomic E-state index is 13.1. The zero-order chi connectivity index (χ0) is 15.8. The first kappa shape index (κ1) is 15.4. The lowest BCUT2D eigenvalue weighted by Crippen LogP contribution is -2.56. The number of methoxy groups -OCH3 is 1. The van der Waals surface area contributed by atoms with Gasteiger partial charge in [0.2, 0.25) is 0 Å². The molecule has 1 saturated heterocycles. The average Bonchev–Trinajstić information content (AvgIpc) is 2.35. The molecule has 5 nitrogen and oxygen atoms in total. The van der Waals surface area contributed by atoms with E-state index < -0.39 is 31.2 Å². The van der Waals surface area contributed by atoms with Crippen LogP contribution in [0.2, 0.25) is 0 Å². The van der Waals surface area contributed by atoms with Gasteiger partial charge in [0, 0.05) is 5.56 Å². The van der Waals surface area contributed by atoms with Crippen LogP contribution in [0.1, 0.15) is 10.4 Å². The van der Waals surface area contributed by atoms with Crippen molar-refractivity contribution in [3.63, 3.8) is 0 Å². The van der Waals surface area contributed by atoms with E-state index in [1.165, 1.54) is 25.3 Å². The zero-order valence-corrected chi connectivity index (χ0v) is 10.9. The number of ether oxygens (including phenoxy) is 2. The largest absolute Gasteiger partial charge is 0.495 e. The van der Waals surface area contributed by atoms with Crippen molar-refractivity contribution in [2.75, 3.05) is 25.9 Å². The number of anilines is 1. The number of benzene rings is 1. The van der Waals surface area contributed by atoms with Gasteiger partial charge in [-0.15, -0.1) is 0 Å². The van der Waals surface area contributed by atoms with Gasteiger partial charge in [-0.2, -0.15) is 17.6 Å². The van der Waals surface area contributed by atoms with Gasteiger partial charge in [-0.05, 0) is 18.2 Å². The summed E-state index contributed by atoms with van der Waals surface area (Å²) < 4.78 is 60.6. The van der Waals surface area contributed by atoms with Crippen LogP contribution in [0.25, 0.3) is 0 Å². The first-order valence-corrected chi connectivity index (χ1v) is 5.82. The molecule has 0 aliphatic carbocycles. The number of morpholine rings is 1. The predicted molar refractivity (Wildman–Crippen MR) is 64.3 cm³/mol. The molecule has 1 aromatic carbocycles. The SMILES string of the molecule is COc1cc(C(=O)N2CC(F)(F)OC(F)(F)C2)ccc1N. The number of nitrogen functional groups attached to an aromatic ring is 1. The van der Waals surface area contributed by atoms with Crippen LogP contribution in [-0.4, -0.2) is 43.2 Å². The molecular formula is C12H12F4N2O3. The van der Waals surface area contributed by atoms with Crippen molar-refractivity contribution >= 4 is 11.6 Å². The van der Waals surface area contributed by atoms with E-state index in [9.17, 15) is 22.4 Å². The topological polar surface area (TPSA) is 64.8 Å². The molecule has 0 spiro atoms. The molecular weight excluding hydrogens is 296 g/mol. The summed E-state index contributed by atoms with van der Waals surface area (Å²) in [5.74, 6) is -0.844. The standard InChI is InChI=1S/C12H12F4N2O3/c1-20-9-4-7(2-3-8(9)17)10(19)18-5-11(13,14)21-12(15,16)6-18/h2-4H,5-6,17H2,1H3. The number of alkyl halides is 4. The van der Waals surface area contributed by atoms with Gasteiger partial charge in [0.25, 0.3) is 5.91 Å². The molecule has 0 saturated carbocycles. The number of rotatable bonds is 2. The molecule has 0 aromatic heterocycles. The van der Waals surface area contributed by atoms with Crippen LogP contribution in [0.4, 0.5) is 23.2 Å². The molecule has 1 aromatic rings. The Morgan fingerprint density at radius 1 is 1.29 bits per heavy atom. The second-order valence-corrected chi connectivity index (χ2v) is 4.49. The van der Waals surface area contributed by atoms with Crippen molar-refractivity contribution in [1.29, 1.82) is 0 Å². The molecule has 2 N–H and O–H groups in total. The molecule has 9 heteroatoms. The van der Waals surface area contributed by atoms with Gasteiger partial charge in [-0.25, -0.2) is 0 Å². The van der Waals surface area contributed by atoms with Gasteiger partial charge >= 0.3 is 12.2 Å². The second kappa shape index (κ2) is 5.06. The van der Waals surface area contributed by atoms with Crippen LogP contribution in [0.15, 0.2) is 18.2 Å². The zero-order valence-electron chi connectivity index (χ0n) is 10.9. The molecule has 21 heavy (non-hydrogen) atoms. The monoisotopic (exact) mass is 308 g/mol. The molecule has 1 fully saturated rings. The minimum atomic E-state index is -4.12. The average molecular weight is 308 g/mol. The summed E-state index contributed by atoms with van der Waals surface area (Å²) in [4.78, 5) is 12.4. The molecule has 2 rings (SSSR count). The van der Waals surface area contributed by atoms with Crippen LogP contribution in [-0.2, 0) is 4.74 Å². The highest BCUT2D eigenvalue weighted by Crippen LogP contribution is 2.34. The smallest absolute Gasteiger partial charge is 0.377 e. The number of nitrogens with two attached hydrogens (primary N) is 1.